The predicted octanol–water partition coefficient (Wildman–Crippen LogP) is 10.3. The first-order valence-corrected chi connectivity index (χ1v) is 16.7. The van der Waals surface area contributed by atoms with Gasteiger partial charge in [-0.15, -0.1) is 0 Å². The molecule has 49 heavy (non-hydrogen) atoms. The Morgan fingerprint density at radius 2 is 1.59 bits per heavy atom. The number of hydrogen-bond acceptors (Lipinski definition) is 3. The Kier molecular flexibility index (Phi) is 6.88. The van der Waals surface area contributed by atoms with Gasteiger partial charge in [-0.1, -0.05) is 121 Å². The lowest BCUT2D eigenvalue weighted by atomic mass is 9.68. The summed E-state index contributed by atoms with van der Waals surface area (Å²) in [6.45, 7) is 0. The van der Waals surface area contributed by atoms with Crippen molar-refractivity contribution in [2.24, 2.45) is 4.99 Å². The maximum absolute atomic E-state index is 9.06. The first kappa shape index (κ1) is 28.8. The minimum Gasteiger partial charge on any atom is -0.300 e. The van der Waals surface area contributed by atoms with Crippen LogP contribution < -0.4 is 0 Å². The number of hydrogen-bond donors (Lipinski definition) is 1. The Hall–Kier alpha value is -6.37. The summed E-state index contributed by atoms with van der Waals surface area (Å²) in [7, 11) is 0. The second kappa shape index (κ2) is 11.7. The molecule has 3 nitrogen and oxygen atoms in total. The number of rotatable bonds is 6. The molecule has 6 aromatic rings. The summed E-state index contributed by atoms with van der Waals surface area (Å²) in [5, 5.41) is 9.06. The molecule has 3 aliphatic rings. The van der Waals surface area contributed by atoms with Crippen molar-refractivity contribution >= 4 is 23.2 Å². The Labute approximate surface area is 286 Å². The minimum absolute atomic E-state index is 0.368. The van der Waals surface area contributed by atoms with Crippen molar-refractivity contribution in [2.75, 3.05) is 0 Å². The molecule has 0 saturated heterocycles. The monoisotopic (exact) mass is 625 g/mol. The molecule has 0 amide bonds. The van der Waals surface area contributed by atoms with E-state index < -0.39 is 0 Å². The fourth-order valence-corrected chi connectivity index (χ4v) is 7.99. The fraction of sp³-hybridized carbons (Fsp3) is 0.0652. The molecule has 0 bridgehead atoms. The third kappa shape index (κ3) is 4.57. The highest BCUT2D eigenvalue weighted by molar-refractivity contribution is 6.11. The first-order valence-electron chi connectivity index (χ1n) is 16.7. The van der Waals surface area contributed by atoms with Crippen LogP contribution in [0, 0.1) is 17.5 Å². The highest BCUT2D eigenvalue weighted by atomic mass is 14.7. The zero-order chi connectivity index (χ0) is 32.8. The van der Waals surface area contributed by atoms with Gasteiger partial charge in [0.2, 0.25) is 0 Å². The maximum atomic E-state index is 9.06. The highest BCUT2D eigenvalue weighted by Crippen LogP contribution is 2.63. The van der Waals surface area contributed by atoms with E-state index in [9.17, 15) is 0 Å². The van der Waals surface area contributed by atoms with Crippen molar-refractivity contribution < 1.29 is 0 Å². The minimum atomic E-state index is -0.368. The van der Waals surface area contributed by atoms with Crippen LogP contribution in [0.2, 0.25) is 0 Å². The number of aliphatic imine (C=N–C) groups is 1. The van der Waals surface area contributed by atoms with E-state index in [-0.39, 0.29) is 5.41 Å². The Morgan fingerprint density at radius 1 is 0.776 bits per heavy atom. The van der Waals surface area contributed by atoms with Gasteiger partial charge in [0.25, 0.3) is 0 Å². The normalized spacial score (nSPS) is 17.1. The summed E-state index contributed by atoms with van der Waals surface area (Å²) in [5.41, 5.74) is 15.9. The third-order valence-electron chi connectivity index (χ3n) is 10.1. The zero-order valence-corrected chi connectivity index (χ0v) is 26.8. The number of nitrogens with one attached hydrogen (secondary N) is 1. The van der Waals surface area contributed by atoms with Crippen molar-refractivity contribution in [3.63, 3.8) is 0 Å². The van der Waals surface area contributed by atoms with E-state index in [1.165, 1.54) is 39.0 Å². The molecule has 1 unspecified atom stereocenters. The molecule has 0 saturated carbocycles. The standard InChI is InChI=1S/C46H31N3/c47-43(33-25-23-32(24-26-33)31-12-2-1-3-13-31)28-44(34-15-11-27-48-29-34)49-30-35-14-10-22-42-45(35)38-18-6-9-21-41(38)46(42)39-19-7-4-16-36(39)37-17-5-8-20-40(37)46/h1-4,6,8-16,18,20-30,47H,7,19H2/b44-28-,47-43?,49-30?. The average Bonchev–Trinajstić information content (AvgIpc) is 3.65. The van der Waals surface area contributed by atoms with Crippen LogP contribution in [0.1, 0.15) is 51.8 Å². The molecule has 1 N–H and O–H groups in total. The van der Waals surface area contributed by atoms with Gasteiger partial charge in [-0.2, -0.15) is 0 Å². The number of fused-ring (bicyclic) bond motifs is 9. The second-order valence-electron chi connectivity index (χ2n) is 12.7. The van der Waals surface area contributed by atoms with Crippen LogP contribution in [-0.2, 0) is 5.41 Å². The van der Waals surface area contributed by atoms with Crippen molar-refractivity contribution in [3.05, 3.63) is 209 Å². The Balaban J connectivity index is 1.15. The lowest BCUT2D eigenvalue weighted by Gasteiger charge is -2.33. The molecule has 5 aromatic carbocycles. The van der Waals surface area contributed by atoms with Crippen LogP contribution in [0.25, 0.3) is 33.5 Å². The van der Waals surface area contributed by atoms with E-state index in [0.717, 1.165) is 46.2 Å². The van der Waals surface area contributed by atoms with Crippen LogP contribution in [0.5, 0.6) is 0 Å². The summed E-state index contributed by atoms with van der Waals surface area (Å²) in [5.74, 6) is 0. The lowest BCUT2D eigenvalue weighted by molar-refractivity contribution is 0.714. The molecule has 1 atom stereocenters. The molecular weight excluding hydrogens is 595 g/mol. The van der Waals surface area contributed by atoms with Gasteiger partial charge in [0.05, 0.1) is 16.8 Å². The molecule has 0 radical (unpaired) electrons. The molecule has 1 aromatic heterocycles. The summed E-state index contributed by atoms with van der Waals surface area (Å²) < 4.78 is 0. The third-order valence-corrected chi connectivity index (χ3v) is 10.1. The predicted molar refractivity (Wildman–Crippen MR) is 200 cm³/mol. The SMILES string of the molecule is N=C(/C=C(\N=Cc1cccc2c1-c1ccccc1C21C2=C(C=CCC2)c2c#cccc21)c1cccnc1)c1ccc(-c2ccccc2)cc1. The van der Waals surface area contributed by atoms with E-state index >= 15 is 0 Å². The zero-order valence-electron chi connectivity index (χ0n) is 26.8. The molecule has 0 aliphatic heterocycles. The molecule has 9 rings (SSSR count). The maximum Gasteiger partial charge on any atom is 0.0739 e. The first-order chi connectivity index (χ1) is 24.2. The van der Waals surface area contributed by atoms with E-state index in [4.69, 9.17) is 10.4 Å². The van der Waals surface area contributed by atoms with Crippen molar-refractivity contribution in [2.45, 2.75) is 18.3 Å². The Morgan fingerprint density at radius 3 is 2.45 bits per heavy atom. The molecule has 1 spiro atoms. The second-order valence-corrected chi connectivity index (χ2v) is 12.7. The number of allylic oxidation sites excluding steroid dienone is 5. The van der Waals surface area contributed by atoms with E-state index in [1.54, 1.807) is 6.20 Å². The van der Waals surface area contributed by atoms with Gasteiger partial charge in [0.1, 0.15) is 0 Å². The van der Waals surface area contributed by atoms with Crippen LogP contribution in [-0.4, -0.2) is 16.9 Å². The molecule has 3 aliphatic carbocycles. The number of nitrogens with zero attached hydrogens (tertiary/aromatic N) is 2. The summed E-state index contributed by atoms with van der Waals surface area (Å²) in [6, 6.07) is 48.8. The van der Waals surface area contributed by atoms with Gasteiger partial charge >= 0.3 is 0 Å². The van der Waals surface area contributed by atoms with Crippen LogP contribution in [0.3, 0.4) is 0 Å². The molecule has 1 heterocycles. The van der Waals surface area contributed by atoms with Crippen LogP contribution in [0.4, 0.5) is 0 Å². The van der Waals surface area contributed by atoms with Gasteiger partial charge in [0, 0.05) is 35.3 Å². The lowest BCUT2D eigenvalue weighted by Crippen LogP contribution is -2.27. The van der Waals surface area contributed by atoms with Gasteiger partial charge in [-0.05, 0) is 98.8 Å². The summed E-state index contributed by atoms with van der Waals surface area (Å²) >= 11 is 0. The van der Waals surface area contributed by atoms with Crippen LogP contribution in [0.15, 0.2) is 163 Å². The number of aromatic nitrogens is 1. The van der Waals surface area contributed by atoms with Crippen LogP contribution >= 0.6 is 0 Å². The smallest absolute Gasteiger partial charge is 0.0739 e. The number of benzene rings is 4. The van der Waals surface area contributed by atoms with E-state index in [2.05, 4.69) is 102 Å². The molecule has 0 fully saturated rings. The molecule has 230 valence electrons. The van der Waals surface area contributed by atoms with E-state index in [0.29, 0.717) is 11.4 Å². The van der Waals surface area contributed by atoms with Crippen molar-refractivity contribution in [1.29, 1.82) is 5.41 Å². The topological polar surface area (TPSA) is 49.1 Å². The van der Waals surface area contributed by atoms with Gasteiger partial charge in [-0.25, -0.2) is 0 Å². The van der Waals surface area contributed by atoms with Crippen molar-refractivity contribution in [3.8, 4) is 22.3 Å². The molecule has 3 heteroatoms. The average molecular weight is 626 g/mol. The fourth-order valence-electron chi connectivity index (χ4n) is 7.99. The number of pyridine rings is 1. The van der Waals surface area contributed by atoms with Gasteiger partial charge < -0.3 is 5.41 Å². The Bertz CT molecular complexity index is 2380. The van der Waals surface area contributed by atoms with E-state index in [1.807, 2.05) is 67.0 Å². The van der Waals surface area contributed by atoms with Gasteiger partial charge in [-0.3, -0.25) is 9.98 Å². The quantitative estimate of drug-likeness (QED) is 0.184. The molecular formula is C46H31N3. The largest absolute Gasteiger partial charge is 0.300 e. The summed E-state index contributed by atoms with van der Waals surface area (Å²) in [6.07, 6.45) is 14.0. The van der Waals surface area contributed by atoms with Crippen molar-refractivity contribution in [1.82, 2.24) is 4.98 Å². The summed E-state index contributed by atoms with van der Waals surface area (Å²) in [4.78, 5) is 9.49. The highest BCUT2D eigenvalue weighted by Gasteiger charge is 2.53. The van der Waals surface area contributed by atoms with Gasteiger partial charge in [0.15, 0.2) is 0 Å².